The fourth-order valence-corrected chi connectivity index (χ4v) is 1.74. The first-order valence-electron chi connectivity index (χ1n) is 5.32. The maximum atomic E-state index is 9.23. The van der Waals surface area contributed by atoms with E-state index in [1.54, 1.807) is 6.07 Å². The molecule has 1 heteroatoms. The van der Waals surface area contributed by atoms with Gasteiger partial charge in [0.1, 0.15) is 5.75 Å². The van der Waals surface area contributed by atoms with E-state index in [2.05, 4.69) is 13.0 Å². The van der Waals surface area contributed by atoms with Gasteiger partial charge in [-0.05, 0) is 41.7 Å². The number of aromatic hydroxyl groups is 1. The van der Waals surface area contributed by atoms with Gasteiger partial charge in [0, 0.05) is 0 Å². The molecule has 0 unspecified atom stereocenters. The monoisotopic (exact) mass is 190 g/mol. The Balaban J connectivity index is 0.000000461. The van der Waals surface area contributed by atoms with Gasteiger partial charge in [0.05, 0.1) is 0 Å². The number of fused-ring (bicyclic) bond motifs is 1. The van der Waals surface area contributed by atoms with Gasteiger partial charge in [-0.1, -0.05) is 32.9 Å². The van der Waals surface area contributed by atoms with Gasteiger partial charge in [-0.3, -0.25) is 0 Å². The van der Waals surface area contributed by atoms with Crippen LogP contribution in [-0.2, 0) is 6.42 Å². The minimum atomic E-state index is 0.375. The molecule has 0 heterocycles. The Kier molecular flexibility index (Phi) is 3.75. The van der Waals surface area contributed by atoms with E-state index in [9.17, 15) is 5.11 Å². The standard InChI is InChI=1S/C11H12O.C2H6/c1-2-8-3-4-9-7-10(12)5-6-11(8)9;1-2/h3,5-7,12H,2,4H2,1H3;1-2H3. The van der Waals surface area contributed by atoms with Crippen molar-refractivity contribution in [1.82, 2.24) is 0 Å². The fourth-order valence-electron chi connectivity index (χ4n) is 1.74. The summed E-state index contributed by atoms with van der Waals surface area (Å²) < 4.78 is 0. The number of phenolic OH excluding ortho intramolecular Hbond substituents is 1. The topological polar surface area (TPSA) is 20.2 Å². The molecule has 1 aromatic rings. The van der Waals surface area contributed by atoms with Gasteiger partial charge in [-0.25, -0.2) is 0 Å². The van der Waals surface area contributed by atoms with Crippen LogP contribution >= 0.6 is 0 Å². The number of phenols is 1. The van der Waals surface area contributed by atoms with Gasteiger partial charge in [0.25, 0.3) is 0 Å². The quantitative estimate of drug-likeness (QED) is 0.714. The molecule has 14 heavy (non-hydrogen) atoms. The highest BCUT2D eigenvalue weighted by Gasteiger charge is 2.11. The van der Waals surface area contributed by atoms with Crippen molar-refractivity contribution in [3.8, 4) is 5.75 Å². The predicted octanol–water partition coefficient (Wildman–Crippen LogP) is 3.77. The molecule has 1 aromatic carbocycles. The second-order valence-corrected chi connectivity index (χ2v) is 3.13. The summed E-state index contributed by atoms with van der Waals surface area (Å²) in [5.41, 5.74) is 3.98. The molecule has 1 nitrogen and oxygen atoms in total. The van der Waals surface area contributed by atoms with Crippen LogP contribution in [0.15, 0.2) is 24.3 Å². The normalized spacial score (nSPS) is 12.6. The SMILES string of the molecule is CC.CCC1=CCc2cc(O)ccc21. The molecule has 0 atom stereocenters. The van der Waals surface area contributed by atoms with E-state index >= 15 is 0 Å². The van der Waals surface area contributed by atoms with Crippen LogP contribution in [0.25, 0.3) is 5.57 Å². The zero-order valence-corrected chi connectivity index (χ0v) is 9.17. The largest absolute Gasteiger partial charge is 0.508 e. The van der Waals surface area contributed by atoms with E-state index in [0.29, 0.717) is 5.75 Å². The van der Waals surface area contributed by atoms with Crippen LogP contribution in [0.4, 0.5) is 0 Å². The van der Waals surface area contributed by atoms with Crippen molar-refractivity contribution < 1.29 is 5.11 Å². The first-order valence-corrected chi connectivity index (χ1v) is 5.32. The van der Waals surface area contributed by atoms with Crippen molar-refractivity contribution in [3.63, 3.8) is 0 Å². The van der Waals surface area contributed by atoms with Gasteiger partial charge in [-0.2, -0.15) is 0 Å². The molecular weight excluding hydrogens is 172 g/mol. The first kappa shape index (κ1) is 10.8. The summed E-state index contributed by atoms with van der Waals surface area (Å²) in [6.45, 7) is 6.16. The molecule has 1 aliphatic carbocycles. The Bertz CT molecular complexity index is 337. The Morgan fingerprint density at radius 3 is 2.64 bits per heavy atom. The third-order valence-corrected chi connectivity index (χ3v) is 2.38. The molecule has 2 rings (SSSR count). The van der Waals surface area contributed by atoms with Crippen LogP contribution < -0.4 is 0 Å². The Morgan fingerprint density at radius 1 is 1.29 bits per heavy atom. The van der Waals surface area contributed by atoms with Crippen LogP contribution in [0.1, 0.15) is 38.3 Å². The lowest BCUT2D eigenvalue weighted by Gasteiger charge is -2.02. The molecule has 0 radical (unpaired) electrons. The van der Waals surface area contributed by atoms with Crippen molar-refractivity contribution in [2.24, 2.45) is 0 Å². The zero-order valence-electron chi connectivity index (χ0n) is 9.17. The second-order valence-electron chi connectivity index (χ2n) is 3.13. The molecule has 0 spiro atoms. The molecule has 0 amide bonds. The molecule has 0 saturated heterocycles. The summed E-state index contributed by atoms with van der Waals surface area (Å²) in [5.74, 6) is 0.375. The minimum Gasteiger partial charge on any atom is -0.508 e. The molecule has 0 aromatic heterocycles. The third-order valence-electron chi connectivity index (χ3n) is 2.38. The van der Waals surface area contributed by atoms with Crippen molar-refractivity contribution in [2.45, 2.75) is 33.6 Å². The van der Waals surface area contributed by atoms with Crippen molar-refractivity contribution >= 4 is 5.57 Å². The number of rotatable bonds is 1. The number of hydrogen-bond acceptors (Lipinski definition) is 1. The summed E-state index contributed by atoms with van der Waals surface area (Å²) in [6, 6.07) is 5.62. The van der Waals surface area contributed by atoms with E-state index in [0.717, 1.165) is 12.8 Å². The zero-order chi connectivity index (χ0) is 10.6. The van der Waals surface area contributed by atoms with Crippen LogP contribution in [0.2, 0.25) is 0 Å². The van der Waals surface area contributed by atoms with E-state index in [4.69, 9.17) is 0 Å². The average molecular weight is 190 g/mol. The Hall–Kier alpha value is -1.24. The van der Waals surface area contributed by atoms with E-state index < -0.39 is 0 Å². The van der Waals surface area contributed by atoms with Crippen LogP contribution in [0.5, 0.6) is 5.75 Å². The first-order chi connectivity index (χ1) is 6.81. The number of allylic oxidation sites excluding steroid dienone is 2. The third kappa shape index (κ3) is 1.98. The van der Waals surface area contributed by atoms with Crippen molar-refractivity contribution in [3.05, 3.63) is 35.4 Å². The molecule has 76 valence electrons. The summed E-state index contributed by atoms with van der Waals surface area (Å²) in [7, 11) is 0. The number of hydrogen-bond donors (Lipinski definition) is 1. The lowest BCUT2D eigenvalue weighted by Crippen LogP contribution is -1.82. The lowest BCUT2D eigenvalue weighted by atomic mass is 10.0. The lowest BCUT2D eigenvalue weighted by molar-refractivity contribution is 0.474. The maximum absolute atomic E-state index is 9.23. The molecule has 0 fully saturated rings. The van der Waals surface area contributed by atoms with Crippen molar-refractivity contribution in [1.29, 1.82) is 0 Å². The summed E-state index contributed by atoms with van der Waals surface area (Å²) in [4.78, 5) is 0. The molecule has 0 saturated carbocycles. The highest BCUT2D eigenvalue weighted by molar-refractivity contribution is 5.73. The Labute approximate surface area is 86.1 Å². The average Bonchev–Trinajstić information content (AvgIpc) is 2.62. The summed E-state index contributed by atoms with van der Waals surface area (Å²) >= 11 is 0. The molecule has 1 aliphatic rings. The maximum Gasteiger partial charge on any atom is 0.115 e. The highest BCUT2D eigenvalue weighted by Crippen LogP contribution is 2.31. The molecule has 0 bridgehead atoms. The highest BCUT2D eigenvalue weighted by atomic mass is 16.3. The van der Waals surface area contributed by atoms with Gasteiger partial charge in [-0.15, -0.1) is 0 Å². The van der Waals surface area contributed by atoms with Gasteiger partial charge in [0.15, 0.2) is 0 Å². The fraction of sp³-hybridized carbons (Fsp3) is 0.385. The summed E-state index contributed by atoms with van der Waals surface area (Å²) in [6.07, 6.45) is 4.30. The van der Waals surface area contributed by atoms with Gasteiger partial charge >= 0.3 is 0 Å². The van der Waals surface area contributed by atoms with E-state index in [1.807, 2.05) is 26.0 Å². The second kappa shape index (κ2) is 4.85. The molecule has 0 aliphatic heterocycles. The molecule has 1 N–H and O–H groups in total. The van der Waals surface area contributed by atoms with Crippen LogP contribution in [0.3, 0.4) is 0 Å². The Morgan fingerprint density at radius 2 is 2.00 bits per heavy atom. The van der Waals surface area contributed by atoms with E-state index in [1.165, 1.54) is 16.7 Å². The van der Waals surface area contributed by atoms with E-state index in [-0.39, 0.29) is 0 Å². The number of benzene rings is 1. The van der Waals surface area contributed by atoms with Crippen LogP contribution in [-0.4, -0.2) is 5.11 Å². The smallest absolute Gasteiger partial charge is 0.115 e. The van der Waals surface area contributed by atoms with Crippen LogP contribution in [0, 0.1) is 0 Å². The molecular formula is C13H18O. The van der Waals surface area contributed by atoms with Gasteiger partial charge in [0.2, 0.25) is 0 Å². The van der Waals surface area contributed by atoms with Gasteiger partial charge < -0.3 is 5.11 Å². The summed E-state index contributed by atoms with van der Waals surface area (Å²) in [5, 5.41) is 9.23. The predicted molar refractivity (Wildman–Crippen MR) is 61.4 cm³/mol. The minimum absolute atomic E-state index is 0.375. The van der Waals surface area contributed by atoms with Crippen molar-refractivity contribution in [2.75, 3.05) is 0 Å².